The number of hydrogen-bond donors (Lipinski definition) is 1. The van der Waals surface area contributed by atoms with Crippen LogP contribution in [0.15, 0.2) is 42.5 Å². The van der Waals surface area contributed by atoms with Crippen LogP contribution >= 0.6 is 23.2 Å². The first-order valence-corrected chi connectivity index (χ1v) is 9.50. The summed E-state index contributed by atoms with van der Waals surface area (Å²) in [6.45, 7) is 2.13. The van der Waals surface area contributed by atoms with Gasteiger partial charge in [0.25, 0.3) is 0 Å². The molecule has 5 heteroatoms. The lowest BCUT2D eigenvalue weighted by Crippen LogP contribution is -2.17. The molecular formula is C22H17Cl2NO2. The third kappa shape index (κ3) is 3.33. The minimum atomic E-state index is -0.914. The Hall–Kier alpha value is -2.36. The van der Waals surface area contributed by atoms with E-state index in [0.29, 0.717) is 38.9 Å². The van der Waals surface area contributed by atoms with Crippen molar-refractivity contribution in [2.75, 3.05) is 0 Å². The molecule has 0 bridgehead atoms. The van der Waals surface area contributed by atoms with E-state index in [2.05, 4.69) is 6.92 Å². The lowest BCUT2D eigenvalue weighted by molar-refractivity contribution is 0.0697. The number of carboxylic acids is 1. The van der Waals surface area contributed by atoms with Crippen molar-refractivity contribution in [1.82, 2.24) is 4.98 Å². The number of hydrogen-bond acceptors (Lipinski definition) is 2. The van der Waals surface area contributed by atoms with Gasteiger partial charge in [-0.3, -0.25) is 0 Å². The second-order valence-corrected chi connectivity index (χ2v) is 7.83. The number of halogens is 2. The lowest BCUT2D eigenvalue weighted by Gasteiger charge is -2.26. The van der Waals surface area contributed by atoms with Gasteiger partial charge in [0.15, 0.2) is 0 Å². The van der Waals surface area contributed by atoms with Crippen molar-refractivity contribution < 1.29 is 9.90 Å². The van der Waals surface area contributed by atoms with Crippen LogP contribution < -0.4 is 0 Å². The number of carboxylic acid groups (broad SMARTS) is 1. The van der Waals surface area contributed by atoms with Crippen molar-refractivity contribution in [3.63, 3.8) is 0 Å². The van der Waals surface area contributed by atoms with E-state index in [0.717, 1.165) is 28.8 Å². The normalized spacial score (nSPS) is 17.9. The predicted octanol–water partition coefficient (Wildman–Crippen LogP) is 6.36. The molecule has 27 heavy (non-hydrogen) atoms. The Morgan fingerprint density at radius 1 is 1.19 bits per heavy atom. The highest BCUT2D eigenvalue weighted by Crippen LogP contribution is 2.39. The average Bonchev–Trinajstić information content (AvgIpc) is 2.62. The zero-order chi connectivity index (χ0) is 19.1. The van der Waals surface area contributed by atoms with Crippen LogP contribution in [-0.2, 0) is 6.42 Å². The van der Waals surface area contributed by atoms with E-state index < -0.39 is 5.97 Å². The highest BCUT2D eigenvalue weighted by Gasteiger charge is 2.28. The Morgan fingerprint density at radius 3 is 2.70 bits per heavy atom. The second kappa shape index (κ2) is 6.99. The van der Waals surface area contributed by atoms with Crippen molar-refractivity contribution >= 4 is 51.7 Å². The highest BCUT2D eigenvalue weighted by molar-refractivity contribution is 6.35. The van der Waals surface area contributed by atoms with Gasteiger partial charge >= 0.3 is 5.97 Å². The maximum Gasteiger partial charge on any atom is 0.336 e. The van der Waals surface area contributed by atoms with E-state index in [1.54, 1.807) is 12.1 Å². The van der Waals surface area contributed by atoms with E-state index in [1.165, 1.54) is 0 Å². The SMILES string of the molecule is C[C@H]1C/C(=C\c2ccc(Cl)cc2Cl)c2nc3ccccc3c(C(=O)O)c2C1. The van der Waals surface area contributed by atoms with Crippen molar-refractivity contribution in [3.8, 4) is 0 Å². The van der Waals surface area contributed by atoms with Gasteiger partial charge < -0.3 is 5.11 Å². The van der Waals surface area contributed by atoms with Crippen molar-refractivity contribution in [1.29, 1.82) is 0 Å². The molecule has 2 aromatic carbocycles. The van der Waals surface area contributed by atoms with Crippen LogP contribution in [0.1, 0.15) is 40.5 Å². The number of aromatic nitrogens is 1. The number of aromatic carboxylic acids is 1. The maximum absolute atomic E-state index is 12.1. The summed E-state index contributed by atoms with van der Waals surface area (Å²) in [4.78, 5) is 16.9. The van der Waals surface area contributed by atoms with Gasteiger partial charge in [-0.25, -0.2) is 9.78 Å². The third-order valence-electron chi connectivity index (χ3n) is 4.92. The molecule has 0 radical (unpaired) electrons. The van der Waals surface area contributed by atoms with E-state index in [1.807, 2.05) is 36.4 Å². The first-order chi connectivity index (χ1) is 12.9. The fourth-order valence-electron chi connectivity index (χ4n) is 3.79. The van der Waals surface area contributed by atoms with Crippen LogP contribution in [0.5, 0.6) is 0 Å². The zero-order valence-corrected chi connectivity index (χ0v) is 16.2. The highest BCUT2D eigenvalue weighted by atomic mass is 35.5. The van der Waals surface area contributed by atoms with E-state index in [-0.39, 0.29) is 0 Å². The van der Waals surface area contributed by atoms with Crippen molar-refractivity contribution in [2.24, 2.45) is 5.92 Å². The largest absolute Gasteiger partial charge is 0.478 e. The predicted molar refractivity (Wildman–Crippen MR) is 111 cm³/mol. The second-order valence-electron chi connectivity index (χ2n) is 6.99. The van der Waals surface area contributed by atoms with Gasteiger partial charge in [0.2, 0.25) is 0 Å². The van der Waals surface area contributed by atoms with E-state index >= 15 is 0 Å². The van der Waals surface area contributed by atoms with Gasteiger partial charge in [0.1, 0.15) is 0 Å². The molecule has 0 aliphatic heterocycles. The van der Waals surface area contributed by atoms with Crippen LogP contribution in [0.4, 0.5) is 0 Å². The van der Waals surface area contributed by atoms with Gasteiger partial charge in [-0.2, -0.15) is 0 Å². The van der Waals surface area contributed by atoms with Gasteiger partial charge in [-0.05, 0) is 59.7 Å². The Balaban J connectivity index is 1.99. The smallest absolute Gasteiger partial charge is 0.336 e. The number of nitrogens with zero attached hydrogens (tertiary/aromatic N) is 1. The summed E-state index contributed by atoms with van der Waals surface area (Å²) >= 11 is 12.3. The molecule has 1 aliphatic rings. The van der Waals surface area contributed by atoms with Crippen LogP contribution in [0.3, 0.4) is 0 Å². The Morgan fingerprint density at radius 2 is 1.96 bits per heavy atom. The van der Waals surface area contributed by atoms with Gasteiger partial charge in [-0.1, -0.05) is 54.4 Å². The van der Waals surface area contributed by atoms with Crippen LogP contribution in [0.2, 0.25) is 10.0 Å². The molecular weight excluding hydrogens is 381 g/mol. The van der Waals surface area contributed by atoms with E-state index in [4.69, 9.17) is 28.2 Å². The average molecular weight is 398 g/mol. The number of carbonyl (C=O) groups is 1. The van der Waals surface area contributed by atoms with Gasteiger partial charge in [0.05, 0.1) is 16.8 Å². The van der Waals surface area contributed by atoms with Crippen molar-refractivity contribution in [3.05, 3.63) is 74.9 Å². The summed E-state index contributed by atoms with van der Waals surface area (Å²) in [7, 11) is 0. The number of allylic oxidation sites excluding steroid dienone is 1. The monoisotopic (exact) mass is 397 g/mol. The first-order valence-electron chi connectivity index (χ1n) is 8.75. The third-order valence-corrected chi connectivity index (χ3v) is 5.49. The fraction of sp³-hybridized carbons (Fsp3) is 0.182. The number of benzene rings is 2. The molecule has 3 aromatic rings. The molecule has 0 fully saturated rings. The lowest BCUT2D eigenvalue weighted by atomic mass is 9.80. The summed E-state index contributed by atoms with van der Waals surface area (Å²) in [6.07, 6.45) is 3.51. The Bertz CT molecular complexity index is 1100. The van der Waals surface area contributed by atoms with Gasteiger partial charge in [0, 0.05) is 15.4 Å². The maximum atomic E-state index is 12.1. The molecule has 0 amide bonds. The molecule has 136 valence electrons. The molecule has 1 heterocycles. The van der Waals surface area contributed by atoms with Crippen LogP contribution in [0.25, 0.3) is 22.6 Å². The summed E-state index contributed by atoms with van der Waals surface area (Å²) in [5, 5.41) is 11.7. The fourth-order valence-corrected chi connectivity index (χ4v) is 4.25. The molecule has 0 saturated heterocycles. The number of pyridine rings is 1. The number of rotatable bonds is 2. The summed E-state index contributed by atoms with van der Waals surface area (Å²) < 4.78 is 0. The molecule has 3 nitrogen and oxygen atoms in total. The molecule has 0 saturated carbocycles. The first kappa shape index (κ1) is 18.0. The number of para-hydroxylation sites is 1. The molecule has 1 N–H and O–H groups in total. The minimum Gasteiger partial charge on any atom is -0.478 e. The standard InChI is InChI=1S/C22H17Cl2NO2/c1-12-8-14(10-13-6-7-15(23)11-18(13)24)21-17(9-12)20(22(26)27)16-4-2-3-5-19(16)25-21/h2-7,10-12H,8-9H2,1H3,(H,26,27)/b14-10+/t12-/m0/s1. The number of fused-ring (bicyclic) bond motifs is 2. The topological polar surface area (TPSA) is 50.2 Å². The molecule has 1 aliphatic carbocycles. The quantitative estimate of drug-likeness (QED) is 0.546. The van der Waals surface area contributed by atoms with Crippen molar-refractivity contribution in [2.45, 2.75) is 19.8 Å². The molecule has 4 rings (SSSR count). The minimum absolute atomic E-state index is 0.316. The molecule has 0 unspecified atom stereocenters. The van der Waals surface area contributed by atoms with E-state index in [9.17, 15) is 9.90 Å². The Labute approximate surface area is 167 Å². The summed E-state index contributed by atoms with van der Waals surface area (Å²) in [6, 6.07) is 12.8. The Kier molecular flexibility index (Phi) is 4.67. The molecule has 0 spiro atoms. The molecule has 1 atom stereocenters. The van der Waals surface area contributed by atoms with Gasteiger partial charge in [-0.15, -0.1) is 0 Å². The molecule has 1 aromatic heterocycles. The van der Waals surface area contributed by atoms with Crippen LogP contribution in [0, 0.1) is 5.92 Å². The van der Waals surface area contributed by atoms with Crippen LogP contribution in [-0.4, -0.2) is 16.1 Å². The summed E-state index contributed by atoms with van der Waals surface area (Å²) in [5.74, 6) is -0.598. The summed E-state index contributed by atoms with van der Waals surface area (Å²) in [5.41, 5.74) is 4.46. The zero-order valence-electron chi connectivity index (χ0n) is 14.7.